The van der Waals surface area contributed by atoms with Gasteiger partial charge in [0.1, 0.15) is 0 Å². The zero-order chi connectivity index (χ0) is 11.8. The molecule has 0 aromatic heterocycles. The van der Waals surface area contributed by atoms with Crippen molar-refractivity contribution < 1.29 is 9.53 Å². The Morgan fingerprint density at radius 3 is 2.47 bits per heavy atom. The zero-order valence-electron chi connectivity index (χ0n) is 10.5. The summed E-state index contributed by atoms with van der Waals surface area (Å²) >= 11 is 0. The van der Waals surface area contributed by atoms with Gasteiger partial charge in [0.05, 0.1) is 12.6 Å². The van der Waals surface area contributed by atoms with Gasteiger partial charge < -0.3 is 15.0 Å². The van der Waals surface area contributed by atoms with Crippen LogP contribution in [0, 0.1) is 0 Å². The van der Waals surface area contributed by atoms with Crippen molar-refractivity contribution in [2.45, 2.75) is 39.3 Å². The number of ether oxygens (including phenoxy) is 1. The van der Waals surface area contributed by atoms with Crippen LogP contribution in [-0.2, 0) is 9.53 Å². The van der Waals surface area contributed by atoms with Gasteiger partial charge in [0.15, 0.2) is 0 Å². The molecule has 0 bridgehead atoms. The minimum Gasteiger partial charge on any atom is -0.383 e. The lowest BCUT2D eigenvalue weighted by atomic mass is 10.2. The molecule has 0 saturated carbocycles. The first-order valence-corrected chi connectivity index (χ1v) is 5.56. The summed E-state index contributed by atoms with van der Waals surface area (Å²) in [5.74, 6) is 0.132. The summed E-state index contributed by atoms with van der Waals surface area (Å²) in [6, 6.07) is 0.106. The summed E-state index contributed by atoms with van der Waals surface area (Å²) < 4.78 is 5.07. The summed E-state index contributed by atoms with van der Waals surface area (Å²) in [7, 11) is 3.49. The molecule has 0 radical (unpaired) electrons. The van der Waals surface area contributed by atoms with Crippen molar-refractivity contribution in [1.82, 2.24) is 10.2 Å². The van der Waals surface area contributed by atoms with E-state index >= 15 is 0 Å². The van der Waals surface area contributed by atoms with Crippen LogP contribution in [0.2, 0.25) is 0 Å². The third-order valence-electron chi connectivity index (χ3n) is 2.57. The van der Waals surface area contributed by atoms with E-state index in [1.165, 1.54) is 0 Å². The standard InChI is InChI=1S/C11H24N2O2/c1-6-10(8-15-5)12-9(3)11(14)13(4)7-2/h9-10,12H,6-8H2,1-5H3. The summed E-state index contributed by atoms with van der Waals surface area (Å²) in [6.07, 6.45) is 0.960. The molecule has 15 heavy (non-hydrogen) atoms. The fraction of sp³-hybridized carbons (Fsp3) is 0.909. The second-order valence-corrected chi connectivity index (χ2v) is 3.80. The first kappa shape index (κ1) is 14.4. The normalized spacial score (nSPS) is 14.7. The Morgan fingerprint density at radius 2 is 2.07 bits per heavy atom. The van der Waals surface area contributed by atoms with E-state index in [0.29, 0.717) is 6.61 Å². The smallest absolute Gasteiger partial charge is 0.239 e. The maximum atomic E-state index is 11.8. The first-order chi connectivity index (χ1) is 7.06. The predicted octanol–water partition coefficient (Wildman–Crippen LogP) is 0.868. The Morgan fingerprint density at radius 1 is 1.47 bits per heavy atom. The van der Waals surface area contributed by atoms with E-state index in [2.05, 4.69) is 12.2 Å². The van der Waals surface area contributed by atoms with Crippen LogP contribution in [0.25, 0.3) is 0 Å². The minimum absolute atomic E-state index is 0.132. The molecule has 0 aliphatic heterocycles. The summed E-state index contributed by atoms with van der Waals surface area (Å²) in [5.41, 5.74) is 0. The molecule has 2 unspecified atom stereocenters. The number of amides is 1. The van der Waals surface area contributed by atoms with Gasteiger partial charge in [-0.05, 0) is 20.3 Å². The number of likely N-dealkylation sites (N-methyl/N-ethyl adjacent to an activating group) is 1. The minimum atomic E-state index is -0.143. The third-order valence-corrected chi connectivity index (χ3v) is 2.57. The molecule has 1 amide bonds. The van der Waals surface area contributed by atoms with Crippen LogP contribution >= 0.6 is 0 Å². The lowest BCUT2D eigenvalue weighted by molar-refractivity contribution is -0.131. The van der Waals surface area contributed by atoms with E-state index in [-0.39, 0.29) is 18.0 Å². The highest BCUT2D eigenvalue weighted by Crippen LogP contribution is 1.97. The van der Waals surface area contributed by atoms with Gasteiger partial charge in [-0.15, -0.1) is 0 Å². The molecular formula is C11H24N2O2. The highest BCUT2D eigenvalue weighted by Gasteiger charge is 2.18. The molecule has 90 valence electrons. The molecule has 0 aliphatic rings. The lowest BCUT2D eigenvalue weighted by Crippen LogP contribution is -2.48. The van der Waals surface area contributed by atoms with Crippen molar-refractivity contribution in [1.29, 1.82) is 0 Å². The number of rotatable bonds is 7. The van der Waals surface area contributed by atoms with Gasteiger partial charge in [0.25, 0.3) is 0 Å². The van der Waals surface area contributed by atoms with Gasteiger partial charge in [-0.1, -0.05) is 6.92 Å². The van der Waals surface area contributed by atoms with E-state index in [9.17, 15) is 4.79 Å². The molecule has 1 N–H and O–H groups in total. The first-order valence-electron chi connectivity index (χ1n) is 5.56. The van der Waals surface area contributed by atoms with Crippen LogP contribution < -0.4 is 5.32 Å². The molecule has 2 atom stereocenters. The Kier molecular flexibility index (Phi) is 7.34. The van der Waals surface area contributed by atoms with Crippen LogP contribution in [0.3, 0.4) is 0 Å². The largest absolute Gasteiger partial charge is 0.383 e. The summed E-state index contributed by atoms with van der Waals surface area (Å²) in [6.45, 7) is 7.33. The van der Waals surface area contributed by atoms with Crippen molar-refractivity contribution in [2.24, 2.45) is 0 Å². The molecule has 4 nitrogen and oxygen atoms in total. The molecular weight excluding hydrogens is 192 g/mol. The Bertz CT molecular complexity index is 185. The maximum absolute atomic E-state index is 11.8. The van der Waals surface area contributed by atoms with E-state index in [1.54, 1.807) is 12.0 Å². The van der Waals surface area contributed by atoms with Gasteiger partial charge in [-0.25, -0.2) is 0 Å². The SMILES string of the molecule is CCC(COC)NC(C)C(=O)N(C)CC. The van der Waals surface area contributed by atoms with Gasteiger partial charge in [0, 0.05) is 26.7 Å². The quantitative estimate of drug-likeness (QED) is 0.686. The number of methoxy groups -OCH3 is 1. The number of nitrogens with one attached hydrogen (secondary N) is 1. The Labute approximate surface area is 93.0 Å². The Hall–Kier alpha value is -0.610. The maximum Gasteiger partial charge on any atom is 0.239 e. The number of carbonyl (C=O) groups is 1. The molecule has 0 saturated heterocycles. The molecule has 0 aromatic rings. The zero-order valence-corrected chi connectivity index (χ0v) is 10.5. The molecule has 4 heteroatoms. The summed E-state index contributed by atoms with van der Waals surface area (Å²) in [4.78, 5) is 13.5. The van der Waals surface area contributed by atoms with Gasteiger partial charge in [-0.3, -0.25) is 4.79 Å². The second-order valence-electron chi connectivity index (χ2n) is 3.80. The fourth-order valence-corrected chi connectivity index (χ4v) is 1.40. The van der Waals surface area contributed by atoms with Crippen molar-refractivity contribution in [3.8, 4) is 0 Å². The topological polar surface area (TPSA) is 41.6 Å². The molecule has 0 aromatic carbocycles. The number of nitrogens with zero attached hydrogens (tertiary/aromatic N) is 1. The average Bonchev–Trinajstić information content (AvgIpc) is 2.26. The van der Waals surface area contributed by atoms with Crippen molar-refractivity contribution in [2.75, 3.05) is 27.3 Å². The monoisotopic (exact) mass is 216 g/mol. The Balaban J connectivity index is 4.09. The number of hydrogen-bond acceptors (Lipinski definition) is 3. The highest BCUT2D eigenvalue weighted by atomic mass is 16.5. The van der Waals surface area contributed by atoms with Gasteiger partial charge in [0.2, 0.25) is 5.91 Å². The van der Waals surface area contributed by atoms with Gasteiger partial charge >= 0.3 is 0 Å². The highest BCUT2D eigenvalue weighted by molar-refractivity contribution is 5.81. The van der Waals surface area contributed by atoms with Crippen molar-refractivity contribution in [3.63, 3.8) is 0 Å². The van der Waals surface area contributed by atoms with E-state index in [4.69, 9.17) is 4.74 Å². The van der Waals surface area contributed by atoms with E-state index in [1.807, 2.05) is 20.9 Å². The molecule has 0 spiro atoms. The predicted molar refractivity (Wildman–Crippen MR) is 61.9 cm³/mol. The fourth-order valence-electron chi connectivity index (χ4n) is 1.40. The third kappa shape index (κ3) is 5.14. The van der Waals surface area contributed by atoms with Crippen LogP contribution in [-0.4, -0.2) is 50.2 Å². The van der Waals surface area contributed by atoms with Crippen molar-refractivity contribution >= 4 is 5.91 Å². The van der Waals surface area contributed by atoms with E-state index in [0.717, 1.165) is 13.0 Å². The number of carbonyl (C=O) groups excluding carboxylic acids is 1. The van der Waals surface area contributed by atoms with E-state index < -0.39 is 0 Å². The lowest BCUT2D eigenvalue weighted by Gasteiger charge is -2.24. The second kappa shape index (κ2) is 7.65. The van der Waals surface area contributed by atoms with Crippen LogP contribution in [0.5, 0.6) is 0 Å². The molecule has 0 aliphatic carbocycles. The summed E-state index contributed by atoms with van der Waals surface area (Å²) in [5, 5.41) is 3.27. The molecule has 0 rings (SSSR count). The van der Waals surface area contributed by atoms with Crippen LogP contribution in [0.1, 0.15) is 27.2 Å². The van der Waals surface area contributed by atoms with Gasteiger partial charge in [-0.2, -0.15) is 0 Å². The number of hydrogen-bond donors (Lipinski definition) is 1. The molecule has 0 heterocycles. The van der Waals surface area contributed by atoms with Crippen LogP contribution in [0.4, 0.5) is 0 Å². The van der Waals surface area contributed by atoms with Crippen LogP contribution in [0.15, 0.2) is 0 Å². The molecule has 0 fully saturated rings. The average molecular weight is 216 g/mol. The van der Waals surface area contributed by atoms with Crippen molar-refractivity contribution in [3.05, 3.63) is 0 Å².